The maximum Gasteiger partial charge on any atom is 0.192 e. The highest BCUT2D eigenvalue weighted by molar-refractivity contribution is 6.74. The number of piperidine rings is 1. The molecule has 1 saturated heterocycles. The summed E-state index contributed by atoms with van der Waals surface area (Å²) in [7, 11) is -1.77. The van der Waals surface area contributed by atoms with Gasteiger partial charge >= 0.3 is 0 Å². The predicted octanol–water partition coefficient (Wildman–Crippen LogP) is 9.10. The minimum absolute atomic E-state index is 0.244. The first-order valence-electron chi connectivity index (χ1n) is 12.9. The smallest absolute Gasteiger partial charge is 0.192 e. The largest absolute Gasteiger partial charge is 0.414 e. The second kappa shape index (κ2) is 10.3. The van der Waals surface area contributed by atoms with E-state index in [-0.39, 0.29) is 5.04 Å². The Morgan fingerprint density at radius 2 is 1.62 bits per heavy atom. The van der Waals surface area contributed by atoms with E-state index in [4.69, 9.17) is 27.6 Å². The molecule has 1 aliphatic carbocycles. The number of hydrogen-bond donors (Lipinski definition) is 0. The van der Waals surface area contributed by atoms with Crippen molar-refractivity contribution in [1.29, 1.82) is 0 Å². The van der Waals surface area contributed by atoms with Crippen LogP contribution in [0, 0.1) is 5.92 Å². The molecule has 5 atom stereocenters. The summed E-state index contributed by atoms with van der Waals surface area (Å²) < 4.78 is 6.87. The predicted molar refractivity (Wildman–Crippen MR) is 149 cm³/mol. The monoisotopic (exact) mass is 517 g/mol. The zero-order valence-corrected chi connectivity index (χ0v) is 24.2. The fourth-order valence-electron chi connectivity index (χ4n) is 5.78. The van der Waals surface area contributed by atoms with Gasteiger partial charge in [-0.2, -0.15) is 0 Å². The first-order valence-corrected chi connectivity index (χ1v) is 16.6. The number of likely N-dealkylation sites (tertiary alicyclic amines) is 1. The van der Waals surface area contributed by atoms with Crippen LogP contribution in [0.15, 0.2) is 48.5 Å². The van der Waals surface area contributed by atoms with Crippen molar-refractivity contribution in [1.82, 2.24) is 4.90 Å². The third kappa shape index (κ3) is 5.76. The molecule has 1 heterocycles. The van der Waals surface area contributed by atoms with Crippen molar-refractivity contribution in [3.8, 4) is 0 Å². The van der Waals surface area contributed by atoms with Crippen molar-refractivity contribution in [2.45, 2.75) is 95.6 Å². The Balaban J connectivity index is 1.64. The van der Waals surface area contributed by atoms with Crippen molar-refractivity contribution >= 4 is 31.5 Å². The Kier molecular flexibility index (Phi) is 7.91. The van der Waals surface area contributed by atoms with E-state index in [9.17, 15) is 0 Å². The minimum Gasteiger partial charge on any atom is -0.414 e. The number of hydrogen-bond acceptors (Lipinski definition) is 2. The molecule has 2 aromatic carbocycles. The lowest BCUT2D eigenvalue weighted by Crippen LogP contribution is -2.47. The molecule has 0 amide bonds. The molecular weight excluding hydrogens is 477 g/mol. The van der Waals surface area contributed by atoms with Crippen molar-refractivity contribution in [2.24, 2.45) is 5.92 Å². The summed E-state index contributed by atoms with van der Waals surface area (Å²) in [6.07, 6.45) is 5.04. The molecule has 0 radical (unpaired) electrons. The van der Waals surface area contributed by atoms with E-state index >= 15 is 0 Å². The normalized spacial score (nSPS) is 28.9. The van der Waals surface area contributed by atoms with Gasteiger partial charge in [-0.1, -0.05) is 75.2 Å². The van der Waals surface area contributed by atoms with Crippen molar-refractivity contribution < 1.29 is 4.43 Å². The van der Waals surface area contributed by atoms with Crippen LogP contribution >= 0.6 is 23.2 Å². The quantitative estimate of drug-likeness (QED) is 0.366. The highest BCUT2D eigenvalue weighted by Crippen LogP contribution is 2.48. The van der Waals surface area contributed by atoms with Gasteiger partial charge in [0.1, 0.15) is 0 Å². The maximum atomic E-state index is 6.87. The van der Waals surface area contributed by atoms with Crippen LogP contribution in [0.3, 0.4) is 0 Å². The van der Waals surface area contributed by atoms with Gasteiger partial charge in [0.2, 0.25) is 0 Å². The molecule has 2 aromatic rings. The van der Waals surface area contributed by atoms with Crippen molar-refractivity contribution in [2.75, 3.05) is 6.54 Å². The highest BCUT2D eigenvalue weighted by Gasteiger charge is 2.45. The Bertz CT molecular complexity index is 971. The SMILES string of the molecule is CC1C[C@H](c2cccc(Cl)c2)[C@@H](c2ccc(Cl)cc2)N(C2CCC(O[Si](C)(C)C(C)(C)C)C2)C1. The molecule has 1 aliphatic heterocycles. The van der Waals surface area contributed by atoms with Gasteiger partial charge in [0, 0.05) is 40.7 Å². The molecule has 2 aliphatic rings. The van der Waals surface area contributed by atoms with E-state index < -0.39 is 8.32 Å². The van der Waals surface area contributed by atoms with E-state index in [1.807, 2.05) is 18.2 Å². The zero-order valence-electron chi connectivity index (χ0n) is 21.7. The number of benzene rings is 2. The molecular formula is C29H41Cl2NOSi. The molecule has 1 saturated carbocycles. The van der Waals surface area contributed by atoms with Crippen LogP contribution in [0.5, 0.6) is 0 Å². The molecule has 0 N–H and O–H groups in total. The summed E-state index contributed by atoms with van der Waals surface area (Å²) >= 11 is 12.7. The second-order valence-electron chi connectivity index (χ2n) is 12.2. The maximum absolute atomic E-state index is 6.87. The summed E-state index contributed by atoms with van der Waals surface area (Å²) in [4.78, 5) is 2.80. The Morgan fingerprint density at radius 1 is 0.912 bits per heavy atom. The number of halogens is 2. The third-order valence-corrected chi connectivity index (χ3v) is 13.5. The summed E-state index contributed by atoms with van der Waals surface area (Å²) in [5.41, 5.74) is 2.70. The van der Waals surface area contributed by atoms with Crippen molar-refractivity contribution in [3.05, 3.63) is 69.7 Å². The highest BCUT2D eigenvalue weighted by atomic mass is 35.5. The van der Waals surface area contributed by atoms with Crippen LogP contribution in [0.4, 0.5) is 0 Å². The average molecular weight is 519 g/mol. The second-order valence-corrected chi connectivity index (χ2v) is 17.8. The molecule has 186 valence electrons. The third-order valence-electron chi connectivity index (χ3n) is 8.50. The molecule has 2 fully saturated rings. The number of rotatable bonds is 5. The summed E-state index contributed by atoms with van der Waals surface area (Å²) in [6, 6.07) is 17.9. The van der Waals surface area contributed by atoms with Gasteiger partial charge < -0.3 is 4.43 Å². The van der Waals surface area contributed by atoms with Crippen LogP contribution in [-0.4, -0.2) is 31.9 Å². The van der Waals surface area contributed by atoms with Crippen LogP contribution in [0.25, 0.3) is 0 Å². The summed E-state index contributed by atoms with van der Waals surface area (Å²) in [6.45, 7) is 15.3. The van der Waals surface area contributed by atoms with E-state index in [1.165, 1.54) is 24.0 Å². The lowest BCUT2D eigenvalue weighted by atomic mass is 9.76. The van der Waals surface area contributed by atoms with Gasteiger partial charge in [0.15, 0.2) is 8.32 Å². The van der Waals surface area contributed by atoms with Gasteiger partial charge in [-0.3, -0.25) is 4.90 Å². The molecule has 0 aromatic heterocycles. The lowest BCUT2D eigenvalue weighted by molar-refractivity contribution is 0.0459. The van der Waals surface area contributed by atoms with Gasteiger partial charge in [-0.15, -0.1) is 0 Å². The molecule has 0 bridgehead atoms. The average Bonchev–Trinajstić information content (AvgIpc) is 3.21. The first kappa shape index (κ1) is 26.2. The fourth-order valence-corrected chi connectivity index (χ4v) is 7.50. The summed E-state index contributed by atoms with van der Waals surface area (Å²) in [5.74, 6) is 1.04. The standard InChI is InChI=1S/C29H41Cl2NOSi/c1-20-16-27(22-8-7-9-24(31)17-22)28(21-10-12-23(30)13-11-21)32(19-20)25-14-15-26(18-25)33-34(5,6)29(2,3)4/h7-13,17,20,25-28H,14-16,18-19H2,1-6H3/t20?,25?,26?,27-,28-/m1/s1. The van der Waals surface area contributed by atoms with E-state index in [1.54, 1.807) is 0 Å². The lowest BCUT2D eigenvalue weighted by Gasteiger charge is -2.48. The Labute approximate surface area is 218 Å². The Morgan fingerprint density at radius 3 is 2.26 bits per heavy atom. The topological polar surface area (TPSA) is 12.5 Å². The molecule has 2 nitrogen and oxygen atoms in total. The van der Waals surface area contributed by atoms with Crippen LogP contribution < -0.4 is 0 Å². The van der Waals surface area contributed by atoms with Crippen LogP contribution in [0.1, 0.15) is 76.5 Å². The molecule has 34 heavy (non-hydrogen) atoms. The van der Waals surface area contributed by atoms with Crippen LogP contribution in [-0.2, 0) is 4.43 Å². The van der Waals surface area contributed by atoms with E-state index in [0.717, 1.165) is 29.4 Å². The van der Waals surface area contributed by atoms with Gasteiger partial charge in [0.25, 0.3) is 0 Å². The number of nitrogens with zero attached hydrogens (tertiary/aromatic N) is 1. The summed E-state index contributed by atoms with van der Waals surface area (Å²) in [5, 5.41) is 1.86. The van der Waals surface area contributed by atoms with Gasteiger partial charge in [0.05, 0.1) is 0 Å². The molecule has 5 heteroatoms. The van der Waals surface area contributed by atoms with E-state index in [2.05, 4.69) is 76.0 Å². The van der Waals surface area contributed by atoms with Crippen LogP contribution in [0.2, 0.25) is 28.2 Å². The van der Waals surface area contributed by atoms with Crippen molar-refractivity contribution in [3.63, 3.8) is 0 Å². The molecule has 4 rings (SSSR count). The first-order chi connectivity index (χ1) is 15.9. The Hall–Kier alpha value is -0.843. The van der Waals surface area contributed by atoms with E-state index in [0.29, 0.717) is 30.0 Å². The van der Waals surface area contributed by atoms with Gasteiger partial charge in [-0.05, 0) is 85.1 Å². The minimum atomic E-state index is -1.77. The fraction of sp³-hybridized carbons (Fsp3) is 0.586. The zero-order chi connectivity index (χ0) is 24.7. The molecule has 0 spiro atoms. The molecule has 3 unspecified atom stereocenters. The van der Waals surface area contributed by atoms with Gasteiger partial charge in [-0.25, -0.2) is 0 Å².